The molecule has 0 spiro atoms. The largest absolute Gasteiger partial charge is 0.308 e. The minimum Gasteiger partial charge on any atom is -0.294 e. The van der Waals surface area contributed by atoms with Gasteiger partial charge in [0.05, 0.1) is 21.7 Å². The van der Waals surface area contributed by atoms with Crippen molar-refractivity contribution in [3.8, 4) is 0 Å². The van der Waals surface area contributed by atoms with Crippen molar-refractivity contribution < 1.29 is 8.42 Å². The molecular weight excluding hydrogens is 440 g/mol. The Labute approximate surface area is 183 Å². The van der Waals surface area contributed by atoms with Gasteiger partial charge in [0.25, 0.3) is 0 Å². The molecule has 0 aliphatic carbocycles. The van der Waals surface area contributed by atoms with Crippen molar-refractivity contribution >= 4 is 43.2 Å². The molecule has 0 aliphatic rings. The van der Waals surface area contributed by atoms with E-state index in [0.717, 1.165) is 22.5 Å². The Balaban J connectivity index is 1.65. The number of sulfonamides is 1. The summed E-state index contributed by atoms with van der Waals surface area (Å²) in [5, 5.41) is 0.585. The number of nitrogens with zero attached hydrogens (tertiary/aromatic N) is 1. The molecule has 3 aromatic carbocycles. The average Bonchev–Trinajstić information content (AvgIpc) is 3.04. The molecule has 0 radical (unpaired) electrons. The van der Waals surface area contributed by atoms with Crippen LogP contribution < -0.4 is 9.60 Å². The number of thiazole rings is 1. The molecule has 4 rings (SSSR count). The molecule has 154 valence electrons. The number of nitrogens with one attached hydrogen (secondary N) is 1. The van der Waals surface area contributed by atoms with Crippen LogP contribution in [0.15, 0.2) is 82.5 Å². The zero-order chi connectivity index (χ0) is 21.3. The Kier molecular flexibility index (Phi) is 5.79. The predicted octanol–water partition coefficient (Wildman–Crippen LogP) is 4.80. The van der Waals surface area contributed by atoms with Crippen molar-refractivity contribution in [2.75, 3.05) is 0 Å². The second-order valence-electron chi connectivity index (χ2n) is 6.93. The first-order valence-corrected chi connectivity index (χ1v) is 12.0. The Morgan fingerprint density at radius 1 is 1.03 bits per heavy atom. The van der Waals surface area contributed by atoms with Gasteiger partial charge in [0.2, 0.25) is 10.0 Å². The molecule has 30 heavy (non-hydrogen) atoms. The SMILES string of the molecule is CC(NS(=O)(=O)c1ccc2c(c1)sc(=O)n2Cc1ccccc1Cl)c1ccccc1. The molecule has 1 aromatic heterocycles. The van der Waals surface area contributed by atoms with Gasteiger partial charge in [-0.25, -0.2) is 13.1 Å². The van der Waals surface area contributed by atoms with Gasteiger partial charge in [0, 0.05) is 11.1 Å². The Bertz CT molecular complexity index is 1360. The van der Waals surface area contributed by atoms with Gasteiger partial charge in [-0.15, -0.1) is 0 Å². The van der Waals surface area contributed by atoms with Crippen LogP contribution in [0.1, 0.15) is 24.1 Å². The van der Waals surface area contributed by atoms with Crippen LogP contribution in [0.4, 0.5) is 0 Å². The highest BCUT2D eigenvalue weighted by atomic mass is 35.5. The van der Waals surface area contributed by atoms with Crippen molar-refractivity contribution in [2.24, 2.45) is 0 Å². The van der Waals surface area contributed by atoms with E-state index in [1.807, 2.05) is 48.5 Å². The molecule has 0 fully saturated rings. The van der Waals surface area contributed by atoms with Gasteiger partial charge in [-0.3, -0.25) is 9.36 Å². The molecule has 0 saturated carbocycles. The third kappa shape index (κ3) is 4.20. The van der Waals surface area contributed by atoms with E-state index in [-0.39, 0.29) is 15.8 Å². The Morgan fingerprint density at radius 3 is 2.47 bits per heavy atom. The predicted molar refractivity (Wildman–Crippen MR) is 122 cm³/mol. The third-order valence-electron chi connectivity index (χ3n) is 4.87. The maximum Gasteiger partial charge on any atom is 0.308 e. The van der Waals surface area contributed by atoms with Crippen molar-refractivity contribution in [2.45, 2.75) is 24.4 Å². The van der Waals surface area contributed by atoms with Gasteiger partial charge in [-0.05, 0) is 42.3 Å². The second-order valence-corrected chi connectivity index (χ2v) is 10.0. The van der Waals surface area contributed by atoms with E-state index in [1.54, 1.807) is 29.7 Å². The Morgan fingerprint density at radius 2 is 1.73 bits per heavy atom. The molecule has 8 heteroatoms. The smallest absolute Gasteiger partial charge is 0.294 e. The van der Waals surface area contributed by atoms with Crippen molar-refractivity contribution in [3.63, 3.8) is 0 Å². The highest BCUT2D eigenvalue weighted by molar-refractivity contribution is 7.89. The summed E-state index contributed by atoms with van der Waals surface area (Å²) < 4.78 is 30.7. The zero-order valence-corrected chi connectivity index (χ0v) is 18.5. The highest BCUT2D eigenvalue weighted by Crippen LogP contribution is 2.25. The maximum atomic E-state index is 12.9. The standard InChI is InChI=1S/C22H19ClN2O3S2/c1-15(16-7-3-2-4-8-16)24-30(27,28)18-11-12-20-21(13-18)29-22(26)25(20)14-17-9-5-6-10-19(17)23/h2-13,15,24H,14H2,1H3. The first kappa shape index (κ1) is 20.8. The van der Waals surface area contributed by atoms with Crippen LogP contribution in [0, 0.1) is 0 Å². The first-order valence-electron chi connectivity index (χ1n) is 9.29. The van der Waals surface area contributed by atoms with Crippen molar-refractivity contribution in [1.29, 1.82) is 0 Å². The van der Waals surface area contributed by atoms with E-state index in [4.69, 9.17) is 11.6 Å². The quantitative estimate of drug-likeness (QED) is 0.451. The molecule has 1 atom stereocenters. The summed E-state index contributed by atoms with van der Waals surface area (Å²) in [6.45, 7) is 2.12. The highest BCUT2D eigenvalue weighted by Gasteiger charge is 2.20. The fraction of sp³-hybridized carbons (Fsp3) is 0.136. The molecule has 0 aliphatic heterocycles. The number of hydrogen-bond donors (Lipinski definition) is 1. The monoisotopic (exact) mass is 458 g/mol. The number of rotatable bonds is 6. The van der Waals surface area contributed by atoms with Crippen LogP contribution in [-0.4, -0.2) is 13.0 Å². The van der Waals surface area contributed by atoms with E-state index in [9.17, 15) is 13.2 Å². The van der Waals surface area contributed by atoms with E-state index < -0.39 is 10.0 Å². The summed E-state index contributed by atoms with van der Waals surface area (Å²) >= 11 is 7.25. The molecule has 0 amide bonds. The summed E-state index contributed by atoms with van der Waals surface area (Å²) in [6, 6.07) is 21.1. The fourth-order valence-corrected chi connectivity index (χ4v) is 5.73. The molecular formula is C22H19ClN2O3S2. The summed E-state index contributed by atoms with van der Waals surface area (Å²) in [5.41, 5.74) is 2.38. The Hall–Kier alpha value is -2.45. The first-order chi connectivity index (χ1) is 14.3. The maximum absolute atomic E-state index is 12.9. The minimum absolute atomic E-state index is 0.129. The van der Waals surface area contributed by atoms with Crippen molar-refractivity contribution in [1.82, 2.24) is 9.29 Å². The van der Waals surface area contributed by atoms with Gasteiger partial charge in [-0.2, -0.15) is 0 Å². The normalized spacial score (nSPS) is 12.9. The molecule has 0 bridgehead atoms. The number of aromatic nitrogens is 1. The van der Waals surface area contributed by atoms with Gasteiger partial charge < -0.3 is 0 Å². The molecule has 1 N–H and O–H groups in total. The zero-order valence-electron chi connectivity index (χ0n) is 16.1. The second kappa shape index (κ2) is 8.35. The van der Waals surface area contributed by atoms with E-state index >= 15 is 0 Å². The molecule has 1 heterocycles. The molecule has 5 nitrogen and oxygen atoms in total. The van der Waals surface area contributed by atoms with Gasteiger partial charge in [-0.1, -0.05) is 71.5 Å². The number of fused-ring (bicyclic) bond motifs is 1. The lowest BCUT2D eigenvalue weighted by Crippen LogP contribution is -2.26. The average molecular weight is 459 g/mol. The van der Waals surface area contributed by atoms with E-state index in [2.05, 4.69) is 4.72 Å². The summed E-state index contributed by atoms with van der Waals surface area (Å²) in [5.74, 6) is 0. The van der Waals surface area contributed by atoms with Gasteiger partial charge in [0.1, 0.15) is 0 Å². The summed E-state index contributed by atoms with van der Waals surface area (Å²) in [6.07, 6.45) is 0. The summed E-state index contributed by atoms with van der Waals surface area (Å²) in [4.78, 5) is 12.5. The third-order valence-corrected chi connectivity index (χ3v) is 7.72. The lowest BCUT2D eigenvalue weighted by atomic mass is 10.1. The summed E-state index contributed by atoms with van der Waals surface area (Å²) in [7, 11) is -3.74. The molecule has 4 aromatic rings. The van der Waals surface area contributed by atoms with Crippen molar-refractivity contribution in [3.05, 3.63) is 98.6 Å². The van der Waals surface area contributed by atoms with Crippen LogP contribution >= 0.6 is 22.9 Å². The van der Waals surface area contributed by atoms with E-state index in [1.165, 1.54) is 6.07 Å². The molecule has 0 saturated heterocycles. The number of hydrogen-bond acceptors (Lipinski definition) is 4. The van der Waals surface area contributed by atoms with Gasteiger partial charge in [0.15, 0.2) is 0 Å². The van der Waals surface area contributed by atoms with Gasteiger partial charge >= 0.3 is 4.87 Å². The lowest BCUT2D eigenvalue weighted by Gasteiger charge is -2.14. The van der Waals surface area contributed by atoms with Crippen LogP contribution in [0.5, 0.6) is 0 Å². The topological polar surface area (TPSA) is 68.2 Å². The number of halogens is 1. The fourth-order valence-electron chi connectivity index (χ4n) is 3.27. The molecule has 1 unspecified atom stereocenters. The van der Waals surface area contributed by atoms with Crippen LogP contribution in [-0.2, 0) is 16.6 Å². The van der Waals surface area contributed by atoms with Crippen LogP contribution in [0.3, 0.4) is 0 Å². The minimum atomic E-state index is -3.74. The van der Waals surface area contributed by atoms with E-state index in [0.29, 0.717) is 21.8 Å². The lowest BCUT2D eigenvalue weighted by molar-refractivity contribution is 0.567. The number of benzene rings is 3. The van der Waals surface area contributed by atoms with Crippen LogP contribution in [0.25, 0.3) is 10.2 Å². The van der Waals surface area contributed by atoms with Crippen LogP contribution in [0.2, 0.25) is 5.02 Å².